The van der Waals surface area contributed by atoms with Crippen molar-refractivity contribution >= 4 is 44.9 Å². The van der Waals surface area contributed by atoms with Crippen LogP contribution < -0.4 is 5.32 Å². The van der Waals surface area contributed by atoms with E-state index < -0.39 is 0 Å². The van der Waals surface area contributed by atoms with Crippen LogP contribution >= 0.6 is 23.1 Å². The molecular weight excluding hydrogens is 312 g/mol. The number of anilines is 1. The van der Waals surface area contributed by atoms with Gasteiger partial charge in [0.15, 0.2) is 4.34 Å². The third kappa shape index (κ3) is 3.31. The second kappa shape index (κ2) is 6.50. The van der Waals surface area contributed by atoms with E-state index in [1.54, 1.807) is 11.3 Å². The Morgan fingerprint density at radius 3 is 2.68 bits per heavy atom. The van der Waals surface area contributed by atoms with Gasteiger partial charge < -0.3 is 5.32 Å². The normalized spacial score (nSPS) is 12.3. The van der Waals surface area contributed by atoms with Crippen molar-refractivity contribution in [2.24, 2.45) is 0 Å². The molecule has 0 aliphatic rings. The molecular formula is C17H16N2OS2. The minimum Gasteiger partial charge on any atom is -0.325 e. The molecule has 0 spiro atoms. The Kier molecular flexibility index (Phi) is 4.45. The number of carbonyl (C=O) groups is 1. The number of hydrogen-bond donors (Lipinski definition) is 1. The summed E-state index contributed by atoms with van der Waals surface area (Å²) in [7, 11) is 0. The fourth-order valence-corrected chi connectivity index (χ4v) is 4.26. The van der Waals surface area contributed by atoms with Gasteiger partial charge in [0.2, 0.25) is 5.91 Å². The van der Waals surface area contributed by atoms with Gasteiger partial charge >= 0.3 is 0 Å². The Hall–Kier alpha value is -1.85. The number of hydrogen-bond acceptors (Lipinski definition) is 4. The SMILES string of the molecule is Cc1ccccc1NC(=O)C(C)Sc1nc2ccccc2s1. The highest BCUT2D eigenvalue weighted by Crippen LogP contribution is 2.32. The Labute approximate surface area is 137 Å². The molecule has 0 saturated heterocycles. The van der Waals surface area contributed by atoms with Crippen LogP contribution in [0.3, 0.4) is 0 Å². The summed E-state index contributed by atoms with van der Waals surface area (Å²) in [4.78, 5) is 16.9. The molecule has 1 unspecified atom stereocenters. The van der Waals surface area contributed by atoms with Gasteiger partial charge in [-0.05, 0) is 37.6 Å². The number of thiazole rings is 1. The summed E-state index contributed by atoms with van der Waals surface area (Å²) in [5.74, 6) is -0.00134. The van der Waals surface area contributed by atoms with Crippen LogP contribution in [0.25, 0.3) is 10.2 Å². The predicted molar refractivity (Wildman–Crippen MR) is 94.7 cm³/mol. The van der Waals surface area contributed by atoms with E-state index in [2.05, 4.69) is 16.4 Å². The van der Waals surface area contributed by atoms with E-state index in [-0.39, 0.29) is 11.2 Å². The van der Waals surface area contributed by atoms with Crippen LogP contribution in [-0.2, 0) is 4.79 Å². The number of benzene rings is 2. The number of aromatic nitrogens is 1. The van der Waals surface area contributed by atoms with E-state index in [1.807, 2.05) is 56.3 Å². The van der Waals surface area contributed by atoms with E-state index >= 15 is 0 Å². The molecule has 1 heterocycles. The van der Waals surface area contributed by atoms with Crippen molar-refractivity contribution in [3.63, 3.8) is 0 Å². The van der Waals surface area contributed by atoms with Crippen LogP contribution in [0.4, 0.5) is 5.69 Å². The van der Waals surface area contributed by atoms with Gasteiger partial charge in [-0.2, -0.15) is 0 Å². The van der Waals surface area contributed by atoms with E-state index in [0.717, 1.165) is 25.8 Å². The number of nitrogens with one attached hydrogen (secondary N) is 1. The van der Waals surface area contributed by atoms with Crippen molar-refractivity contribution in [2.45, 2.75) is 23.4 Å². The van der Waals surface area contributed by atoms with Gasteiger partial charge in [0.05, 0.1) is 15.5 Å². The lowest BCUT2D eigenvalue weighted by atomic mass is 10.2. The molecule has 0 saturated carbocycles. The van der Waals surface area contributed by atoms with Crippen LogP contribution in [0.1, 0.15) is 12.5 Å². The predicted octanol–water partition coefficient (Wildman–Crippen LogP) is 4.72. The zero-order chi connectivity index (χ0) is 15.5. The minimum atomic E-state index is -0.194. The van der Waals surface area contributed by atoms with Gasteiger partial charge in [-0.3, -0.25) is 4.79 Å². The van der Waals surface area contributed by atoms with Crippen molar-refractivity contribution in [1.82, 2.24) is 4.98 Å². The molecule has 1 atom stereocenters. The Balaban J connectivity index is 1.69. The molecule has 22 heavy (non-hydrogen) atoms. The van der Waals surface area contributed by atoms with Crippen LogP contribution in [0.2, 0.25) is 0 Å². The molecule has 0 aliphatic heterocycles. The first-order valence-electron chi connectivity index (χ1n) is 7.02. The van der Waals surface area contributed by atoms with Gasteiger partial charge in [-0.25, -0.2) is 4.98 Å². The first-order valence-corrected chi connectivity index (χ1v) is 8.72. The maximum atomic E-state index is 12.3. The number of carbonyl (C=O) groups excluding carboxylic acids is 1. The molecule has 3 aromatic rings. The topological polar surface area (TPSA) is 42.0 Å². The smallest absolute Gasteiger partial charge is 0.237 e. The quantitative estimate of drug-likeness (QED) is 0.704. The molecule has 1 aromatic heterocycles. The number of nitrogens with zero attached hydrogens (tertiary/aromatic N) is 1. The Bertz CT molecular complexity index is 780. The molecule has 1 amide bonds. The van der Waals surface area contributed by atoms with Crippen molar-refractivity contribution in [3.05, 3.63) is 54.1 Å². The van der Waals surface area contributed by atoms with Crippen LogP contribution in [-0.4, -0.2) is 16.1 Å². The lowest BCUT2D eigenvalue weighted by molar-refractivity contribution is -0.115. The molecule has 3 nitrogen and oxygen atoms in total. The lowest BCUT2D eigenvalue weighted by Crippen LogP contribution is -2.22. The number of para-hydroxylation sites is 2. The molecule has 2 aromatic carbocycles. The third-order valence-electron chi connectivity index (χ3n) is 3.32. The third-order valence-corrected chi connectivity index (χ3v) is 5.55. The van der Waals surface area contributed by atoms with E-state index in [9.17, 15) is 4.79 Å². The highest BCUT2D eigenvalue weighted by atomic mass is 32.2. The molecule has 5 heteroatoms. The monoisotopic (exact) mass is 328 g/mol. The number of aryl methyl sites for hydroxylation is 1. The van der Waals surface area contributed by atoms with Crippen molar-refractivity contribution in [3.8, 4) is 0 Å². The highest BCUT2D eigenvalue weighted by molar-refractivity contribution is 8.02. The van der Waals surface area contributed by atoms with Gasteiger partial charge in [0, 0.05) is 5.69 Å². The van der Waals surface area contributed by atoms with Crippen LogP contribution in [0.5, 0.6) is 0 Å². The number of amides is 1. The first kappa shape index (κ1) is 15.1. The maximum Gasteiger partial charge on any atom is 0.237 e. The van der Waals surface area contributed by atoms with E-state index in [0.29, 0.717) is 0 Å². The van der Waals surface area contributed by atoms with Crippen molar-refractivity contribution < 1.29 is 4.79 Å². The number of fused-ring (bicyclic) bond motifs is 1. The molecule has 1 N–H and O–H groups in total. The maximum absolute atomic E-state index is 12.3. The fourth-order valence-electron chi connectivity index (χ4n) is 2.05. The average Bonchev–Trinajstić information content (AvgIpc) is 2.91. The van der Waals surface area contributed by atoms with E-state index in [1.165, 1.54) is 11.8 Å². The van der Waals surface area contributed by atoms with Gasteiger partial charge in [0.1, 0.15) is 0 Å². The van der Waals surface area contributed by atoms with Crippen LogP contribution in [0, 0.1) is 6.92 Å². The largest absolute Gasteiger partial charge is 0.325 e. The summed E-state index contributed by atoms with van der Waals surface area (Å²) in [6.45, 7) is 3.89. The molecule has 3 rings (SSSR count). The van der Waals surface area contributed by atoms with Gasteiger partial charge in [-0.1, -0.05) is 42.1 Å². The molecule has 0 bridgehead atoms. The second-order valence-electron chi connectivity index (χ2n) is 5.01. The minimum absolute atomic E-state index is 0.00134. The summed E-state index contributed by atoms with van der Waals surface area (Å²) in [6, 6.07) is 15.8. The highest BCUT2D eigenvalue weighted by Gasteiger charge is 2.17. The Morgan fingerprint density at radius 2 is 1.91 bits per heavy atom. The first-order chi connectivity index (χ1) is 10.6. The summed E-state index contributed by atoms with van der Waals surface area (Å²) in [6.07, 6.45) is 0. The average molecular weight is 328 g/mol. The fraction of sp³-hybridized carbons (Fsp3) is 0.176. The van der Waals surface area contributed by atoms with Gasteiger partial charge in [-0.15, -0.1) is 11.3 Å². The van der Waals surface area contributed by atoms with Gasteiger partial charge in [0.25, 0.3) is 0 Å². The van der Waals surface area contributed by atoms with Crippen molar-refractivity contribution in [1.29, 1.82) is 0 Å². The van der Waals surface area contributed by atoms with Crippen molar-refractivity contribution in [2.75, 3.05) is 5.32 Å². The molecule has 0 aliphatic carbocycles. The lowest BCUT2D eigenvalue weighted by Gasteiger charge is -2.12. The zero-order valence-electron chi connectivity index (χ0n) is 12.4. The summed E-state index contributed by atoms with van der Waals surface area (Å²) in [5, 5.41) is 2.79. The standard InChI is InChI=1S/C17H16N2OS2/c1-11-7-3-4-8-13(11)18-16(20)12(2)21-17-19-14-9-5-6-10-15(14)22-17/h3-10,12H,1-2H3,(H,18,20). The molecule has 0 fully saturated rings. The molecule has 0 radical (unpaired) electrons. The zero-order valence-corrected chi connectivity index (χ0v) is 14.0. The summed E-state index contributed by atoms with van der Waals surface area (Å²) >= 11 is 3.12. The number of rotatable bonds is 4. The number of thioether (sulfide) groups is 1. The van der Waals surface area contributed by atoms with E-state index in [4.69, 9.17) is 0 Å². The Morgan fingerprint density at radius 1 is 1.18 bits per heavy atom. The second-order valence-corrected chi connectivity index (χ2v) is 7.63. The molecule has 112 valence electrons. The van der Waals surface area contributed by atoms with Crippen LogP contribution in [0.15, 0.2) is 52.9 Å². The summed E-state index contributed by atoms with van der Waals surface area (Å²) < 4.78 is 2.07. The summed E-state index contributed by atoms with van der Waals surface area (Å²) in [5.41, 5.74) is 2.92.